The Balaban J connectivity index is 3.23. The van der Waals surface area contributed by atoms with Crippen molar-refractivity contribution in [3.8, 4) is 0 Å². The Hall–Kier alpha value is -0.660. The van der Waals surface area contributed by atoms with E-state index in [2.05, 4.69) is 10.3 Å². The first-order valence-electron chi connectivity index (χ1n) is 6.14. The van der Waals surface area contributed by atoms with Crippen LogP contribution in [0.4, 0.5) is 13.2 Å². The van der Waals surface area contributed by atoms with Gasteiger partial charge in [0.15, 0.2) is 5.69 Å². The Bertz CT molecular complexity index is 420. The van der Waals surface area contributed by atoms with E-state index in [0.717, 1.165) is 11.3 Å². The molecule has 0 saturated carbocycles. The van der Waals surface area contributed by atoms with Gasteiger partial charge in [0.2, 0.25) is 0 Å². The average molecular weight is 296 g/mol. The molecule has 0 aromatic carbocycles. The summed E-state index contributed by atoms with van der Waals surface area (Å²) in [7, 11) is 1.61. The van der Waals surface area contributed by atoms with Crippen LogP contribution in [0.1, 0.15) is 42.8 Å². The topological polar surface area (TPSA) is 34.1 Å². The zero-order valence-corrected chi connectivity index (χ0v) is 12.3. The summed E-state index contributed by atoms with van der Waals surface area (Å²) < 4.78 is 44.4. The predicted molar refractivity (Wildman–Crippen MR) is 69.1 cm³/mol. The highest BCUT2D eigenvalue weighted by atomic mass is 32.1. The number of nitrogens with one attached hydrogen (secondary N) is 1. The second-order valence-electron chi connectivity index (χ2n) is 4.34. The molecule has 3 nitrogen and oxygen atoms in total. The SMILES string of the molecule is CCOC(C)(CC)c1nc(C(F)(F)F)c(CNC)s1. The highest BCUT2D eigenvalue weighted by molar-refractivity contribution is 7.11. The van der Waals surface area contributed by atoms with Gasteiger partial charge < -0.3 is 10.1 Å². The van der Waals surface area contributed by atoms with Gasteiger partial charge >= 0.3 is 6.18 Å². The number of rotatable bonds is 6. The van der Waals surface area contributed by atoms with E-state index in [9.17, 15) is 13.2 Å². The van der Waals surface area contributed by atoms with Gasteiger partial charge in [0.05, 0.1) is 4.88 Å². The first-order valence-corrected chi connectivity index (χ1v) is 6.96. The Morgan fingerprint density at radius 3 is 2.37 bits per heavy atom. The van der Waals surface area contributed by atoms with E-state index >= 15 is 0 Å². The van der Waals surface area contributed by atoms with Crippen LogP contribution in [-0.4, -0.2) is 18.6 Å². The Kier molecular flexibility index (Phi) is 5.34. The second-order valence-corrected chi connectivity index (χ2v) is 5.42. The standard InChI is InChI=1S/C12H19F3N2OS/c1-5-11(3,18-6-2)10-17-9(12(13,14)15)8(19-10)7-16-4/h16H,5-7H2,1-4H3. The molecule has 0 bridgehead atoms. The number of alkyl halides is 3. The van der Waals surface area contributed by atoms with Crippen molar-refractivity contribution in [3.63, 3.8) is 0 Å². The fourth-order valence-corrected chi connectivity index (χ4v) is 2.98. The molecule has 1 heterocycles. The second kappa shape index (κ2) is 6.19. The van der Waals surface area contributed by atoms with E-state index in [1.165, 1.54) is 0 Å². The van der Waals surface area contributed by atoms with Crippen molar-refractivity contribution >= 4 is 11.3 Å². The third-order valence-corrected chi connectivity index (χ3v) is 4.19. The normalized spacial score (nSPS) is 15.5. The number of hydrogen-bond donors (Lipinski definition) is 1. The van der Waals surface area contributed by atoms with Gasteiger partial charge in [-0.15, -0.1) is 11.3 Å². The van der Waals surface area contributed by atoms with Crippen LogP contribution < -0.4 is 5.32 Å². The smallest absolute Gasteiger partial charge is 0.368 e. The van der Waals surface area contributed by atoms with Crippen molar-refractivity contribution in [1.29, 1.82) is 0 Å². The lowest BCUT2D eigenvalue weighted by Crippen LogP contribution is -2.25. The van der Waals surface area contributed by atoms with Crippen molar-refractivity contribution in [2.45, 2.75) is 45.5 Å². The fraction of sp³-hybridized carbons (Fsp3) is 0.750. The summed E-state index contributed by atoms with van der Waals surface area (Å²) >= 11 is 1.06. The molecule has 1 aromatic rings. The summed E-state index contributed by atoms with van der Waals surface area (Å²) in [5.74, 6) is 0. The van der Waals surface area contributed by atoms with Gasteiger partial charge in [0, 0.05) is 13.2 Å². The number of thiazole rings is 1. The van der Waals surface area contributed by atoms with Crippen LogP contribution in [0.15, 0.2) is 0 Å². The van der Waals surface area contributed by atoms with Gasteiger partial charge in [-0.2, -0.15) is 13.2 Å². The number of aromatic nitrogens is 1. The Morgan fingerprint density at radius 2 is 1.95 bits per heavy atom. The summed E-state index contributed by atoms with van der Waals surface area (Å²) in [6.45, 7) is 6.06. The zero-order valence-electron chi connectivity index (χ0n) is 11.5. The molecule has 19 heavy (non-hydrogen) atoms. The molecule has 0 aliphatic rings. The van der Waals surface area contributed by atoms with Crippen LogP contribution >= 0.6 is 11.3 Å². The molecule has 0 amide bonds. The van der Waals surface area contributed by atoms with Crippen molar-refractivity contribution in [1.82, 2.24) is 10.3 Å². The largest absolute Gasteiger partial charge is 0.434 e. The summed E-state index contributed by atoms with van der Waals surface area (Å²) in [4.78, 5) is 3.99. The molecule has 0 aliphatic carbocycles. The van der Waals surface area contributed by atoms with Crippen LogP contribution in [0.5, 0.6) is 0 Å². The molecule has 0 aliphatic heterocycles. The summed E-state index contributed by atoms with van der Waals surface area (Å²) in [5, 5.41) is 3.12. The monoisotopic (exact) mass is 296 g/mol. The summed E-state index contributed by atoms with van der Waals surface area (Å²) in [6.07, 6.45) is -3.85. The van der Waals surface area contributed by atoms with E-state index in [1.807, 2.05) is 13.8 Å². The zero-order chi connectivity index (χ0) is 14.7. The number of halogens is 3. The van der Waals surface area contributed by atoms with E-state index in [4.69, 9.17) is 4.74 Å². The molecular formula is C12H19F3N2OS. The molecule has 1 aromatic heterocycles. The third kappa shape index (κ3) is 3.67. The van der Waals surface area contributed by atoms with Crippen LogP contribution in [0, 0.1) is 0 Å². The van der Waals surface area contributed by atoms with Crippen LogP contribution in [0.25, 0.3) is 0 Å². The molecule has 110 valence electrons. The molecule has 0 saturated heterocycles. The van der Waals surface area contributed by atoms with Gasteiger partial charge in [-0.05, 0) is 27.3 Å². The van der Waals surface area contributed by atoms with E-state index in [0.29, 0.717) is 18.0 Å². The Labute approximate surface area is 115 Å². The molecular weight excluding hydrogens is 277 g/mol. The predicted octanol–water partition coefficient (Wildman–Crippen LogP) is 3.54. The van der Waals surface area contributed by atoms with Gasteiger partial charge in [0.1, 0.15) is 10.6 Å². The minimum absolute atomic E-state index is 0.151. The minimum atomic E-state index is -4.43. The maximum Gasteiger partial charge on any atom is 0.434 e. The first kappa shape index (κ1) is 16.4. The summed E-state index contributed by atoms with van der Waals surface area (Å²) in [5.41, 5.74) is -1.56. The molecule has 1 N–H and O–H groups in total. The fourth-order valence-electron chi connectivity index (χ4n) is 1.71. The number of nitrogens with zero attached hydrogens (tertiary/aromatic N) is 1. The molecule has 0 radical (unpaired) electrons. The van der Waals surface area contributed by atoms with Gasteiger partial charge in [-0.25, -0.2) is 4.98 Å². The number of ether oxygens (including phenoxy) is 1. The van der Waals surface area contributed by atoms with Gasteiger partial charge in [-0.3, -0.25) is 0 Å². The lowest BCUT2D eigenvalue weighted by Gasteiger charge is -2.25. The third-order valence-electron chi connectivity index (χ3n) is 2.89. The van der Waals surface area contributed by atoms with Crippen LogP contribution in [-0.2, 0) is 23.1 Å². The first-order chi connectivity index (χ1) is 8.78. The molecule has 1 rings (SSSR count). The van der Waals surface area contributed by atoms with Crippen molar-refractivity contribution in [2.75, 3.05) is 13.7 Å². The maximum atomic E-state index is 12.9. The Morgan fingerprint density at radius 1 is 1.32 bits per heavy atom. The maximum absolute atomic E-state index is 12.9. The minimum Gasteiger partial charge on any atom is -0.368 e. The lowest BCUT2D eigenvalue weighted by atomic mass is 10.0. The van der Waals surface area contributed by atoms with Gasteiger partial charge in [0.25, 0.3) is 0 Å². The molecule has 1 unspecified atom stereocenters. The van der Waals surface area contributed by atoms with Crippen molar-refractivity contribution < 1.29 is 17.9 Å². The van der Waals surface area contributed by atoms with Gasteiger partial charge in [-0.1, -0.05) is 6.92 Å². The number of hydrogen-bond acceptors (Lipinski definition) is 4. The van der Waals surface area contributed by atoms with E-state index < -0.39 is 17.5 Å². The molecule has 1 atom stereocenters. The molecule has 0 spiro atoms. The van der Waals surface area contributed by atoms with E-state index in [1.54, 1.807) is 14.0 Å². The van der Waals surface area contributed by atoms with Crippen LogP contribution in [0.2, 0.25) is 0 Å². The lowest BCUT2D eigenvalue weighted by molar-refractivity contribution is -0.141. The summed E-state index contributed by atoms with van der Waals surface area (Å²) in [6, 6.07) is 0. The van der Waals surface area contributed by atoms with Crippen LogP contribution in [0.3, 0.4) is 0 Å². The molecule has 7 heteroatoms. The highest BCUT2D eigenvalue weighted by Crippen LogP contribution is 2.39. The quantitative estimate of drug-likeness (QED) is 0.872. The molecule has 0 fully saturated rings. The van der Waals surface area contributed by atoms with Crippen molar-refractivity contribution in [3.05, 3.63) is 15.6 Å². The van der Waals surface area contributed by atoms with Crippen molar-refractivity contribution in [2.24, 2.45) is 0 Å². The van der Waals surface area contributed by atoms with E-state index in [-0.39, 0.29) is 11.4 Å². The average Bonchev–Trinajstić information content (AvgIpc) is 2.74. The highest BCUT2D eigenvalue weighted by Gasteiger charge is 2.40.